The molecule has 1 aliphatic heterocycles. The van der Waals surface area contributed by atoms with Gasteiger partial charge in [0.1, 0.15) is 10.9 Å². The first-order chi connectivity index (χ1) is 9.63. The van der Waals surface area contributed by atoms with Crippen molar-refractivity contribution in [2.75, 3.05) is 19.5 Å². The molecular weight excluding hydrogens is 284 g/mol. The molecule has 1 fully saturated rings. The summed E-state index contributed by atoms with van der Waals surface area (Å²) in [5.41, 5.74) is 6.05. The molecule has 3 heterocycles. The zero-order valence-electron chi connectivity index (χ0n) is 10.8. The molecule has 2 aromatic rings. The van der Waals surface area contributed by atoms with Crippen molar-refractivity contribution in [2.45, 2.75) is 25.2 Å². The molecule has 9 heteroatoms. The number of nitrogens with two attached hydrogens (primary N) is 1. The molecule has 8 nitrogen and oxygen atoms in total. The van der Waals surface area contributed by atoms with Crippen molar-refractivity contribution in [3.63, 3.8) is 0 Å². The molecule has 0 aromatic carbocycles. The van der Waals surface area contributed by atoms with Gasteiger partial charge >= 0.3 is 4.87 Å². The fourth-order valence-corrected chi connectivity index (χ4v) is 3.24. The minimum atomic E-state index is -0.438. The van der Waals surface area contributed by atoms with Crippen molar-refractivity contribution in [2.24, 2.45) is 0 Å². The summed E-state index contributed by atoms with van der Waals surface area (Å²) < 4.78 is 12.8. The topological polar surface area (TPSA) is 112 Å². The maximum absolute atomic E-state index is 12.2. The summed E-state index contributed by atoms with van der Waals surface area (Å²) in [5.74, 6) is 0.322. The van der Waals surface area contributed by atoms with Gasteiger partial charge in [0.05, 0.1) is 19.8 Å². The highest BCUT2D eigenvalue weighted by Gasteiger charge is 2.30. The van der Waals surface area contributed by atoms with Gasteiger partial charge in [-0.25, -0.2) is 0 Å². The lowest BCUT2D eigenvalue weighted by Gasteiger charge is -2.13. The van der Waals surface area contributed by atoms with Crippen LogP contribution in [0.2, 0.25) is 0 Å². The number of aromatic nitrogens is 3. The van der Waals surface area contributed by atoms with Crippen molar-refractivity contribution in [1.29, 1.82) is 0 Å². The van der Waals surface area contributed by atoms with E-state index >= 15 is 0 Å². The lowest BCUT2D eigenvalue weighted by molar-refractivity contribution is -0.0214. The molecule has 108 valence electrons. The van der Waals surface area contributed by atoms with Crippen LogP contribution in [0.3, 0.4) is 0 Å². The van der Waals surface area contributed by atoms with Crippen molar-refractivity contribution in [3.05, 3.63) is 9.67 Å². The molecule has 0 unspecified atom stereocenters. The maximum Gasteiger partial charge on any atom is 0.311 e. The van der Waals surface area contributed by atoms with Gasteiger partial charge < -0.3 is 20.3 Å². The minimum absolute atomic E-state index is 0.0394. The minimum Gasteiger partial charge on any atom is -0.480 e. The highest BCUT2D eigenvalue weighted by Crippen LogP contribution is 2.33. The number of nitrogen functional groups attached to an aromatic ring is 1. The average Bonchev–Trinajstić information content (AvgIpc) is 3.01. The summed E-state index contributed by atoms with van der Waals surface area (Å²) in [7, 11) is 1.46. The number of thiazole rings is 1. The second-order valence-electron chi connectivity index (χ2n) is 4.45. The fraction of sp³-hybridized carbons (Fsp3) is 0.545. The van der Waals surface area contributed by atoms with E-state index in [0.717, 1.165) is 11.3 Å². The third kappa shape index (κ3) is 2.03. The molecule has 1 aliphatic rings. The maximum atomic E-state index is 12.2. The van der Waals surface area contributed by atoms with Crippen LogP contribution in [-0.2, 0) is 4.74 Å². The predicted octanol–water partition coefficient (Wildman–Crippen LogP) is 0.114. The molecule has 0 saturated carbocycles. The molecule has 3 N–H and O–H groups in total. The van der Waals surface area contributed by atoms with Crippen LogP contribution < -0.4 is 15.3 Å². The Morgan fingerprint density at radius 3 is 3.00 bits per heavy atom. The largest absolute Gasteiger partial charge is 0.480 e. The molecule has 0 spiro atoms. The van der Waals surface area contributed by atoms with E-state index in [1.54, 1.807) is 0 Å². The summed E-state index contributed by atoms with van der Waals surface area (Å²) in [6, 6.07) is 0. The van der Waals surface area contributed by atoms with Gasteiger partial charge in [0, 0.05) is 0 Å². The first-order valence-electron chi connectivity index (χ1n) is 6.13. The van der Waals surface area contributed by atoms with Crippen LogP contribution in [-0.4, -0.2) is 39.5 Å². The van der Waals surface area contributed by atoms with Gasteiger partial charge in [-0.15, -0.1) is 0 Å². The number of aliphatic hydroxyl groups excluding tert-OH is 1. The normalized spacial score (nSPS) is 22.5. The van der Waals surface area contributed by atoms with E-state index in [0.29, 0.717) is 23.2 Å². The highest BCUT2D eigenvalue weighted by atomic mass is 32.1. The van der Waals surface area contributed by atoms with Gasteiger partial charge in [0.2, 0.25) is 11.8 Å². The van der Waals surface area contributed by atoms with Crippen LogP contribution in [0.1, 0.15) is 19.1 Å². The summed E-state index contributed by atoms with van der Waals surface area (Å²) in [6.45, 7) is -0.0617. The third-order valence-electron chi connectivity index (χ3n) is 3.22. The second-order valence-corrected chi connectivity index (χ2v) is 5.42. The van der Waals surface area contributed by atoms with Gasteiger partial charge in [-0.05, 0) is 12.8 Å². The number of rotatable bonds is 3. The Kier molecular flexibility index (Phi) is 3.32. The smallest absolute Gasteiger partial charge is 0.311 e. The molecule has 2 aromatic heterocycles. The third-order valence-corrected chi connectivity index (χ3v) is 4.15. The lowest BCUT2D eigenvalue weighted by atomic mass is 10.2. The summed E-state index contributed by atoms with van der Waals surface area (Å²) in [4.78, 5) is 20.0. The van der Waals surface area contributed by atoms with Crippen LogP contribution in [0, 0.1) is 0 Å². The van der Waals surface area contributed by atoms with Gasteiger partial charge in [-0.1, -0.05) is 11.3 Å². The molecule has 0 bridgehead atoms. The van der Waals surface area contributed by atoms with Crippen molar-refractivity contribution in [3.8, 4) is 5.88 Å². The van der Waals surface area contributed by atoms with Crippen molar-refractivity contribution in [1.82, 2.24) is 14.5 Å². The van der Waals surface area contributed by atoms with E-state index in [1.165, 1.54) is 11.7 Å². The second kappa shape index (κ2) is 5.00. The van der Waals surface area contributed by atoms with E-state index in [2.05, 4.69) is 9.97 Å². The average molecular weight is 298 g/mol. The standard InChI is InChI=1S/C11H14N4O4S/c1-18-9-7-8(13-10(12)14-9)15(11(17)20-7)6-3-2-5(4-16)19-6/h5-6,16H,2-4H2,1H3,(H2,12,13,14)/t5-,6+/m0/s1. The van der Waals surface area contributed by atoms with Crippen LogP contribution >= 0.6 is 11.3 Å². The molecule has 3 rings (SSSR count). The quantitative estimate of drug-likeness (QED) is 0.827. The number of hydrogen-bond acceptors (Lipinski definition) is 8. The SMILES string of the molecule is COc1nc(N)nc2c1sc(=O)n2[C@H]1CC[C@@H](CO)O1. The summed E-state index contributed by atoms with van der Waals surface area (Å²) in [5, 5.41) is 9.11. The zero-order chi connectivity index (χ0) is 14.3. The van der Waals surface area contributed by atoms with E-state index in [-0.39, 0.29) is 29.4 Å². The number of ether oxygens (including phenoxy) is 2. The van der Waals surface area contributed by atoms with Gasteiger partial charge in [0.25, 0.3) is 0 Å². The van der Waals surface area contributed by atoms with Crippen molar-refractivity contribution < 1.29 is 14.6 Å². The predicted molar refractivity (Wildman–Crippen MR) is 72.9 cm³/mol. The number of aliphatic hydroxyl groups is 1. The summed E-state index contributed by atoms with van der Waals surface area (Å²) >= 11 is 0.994. The Morgan fingerprint density at radius 1 is 1.55 bits per heavy atom. The Labute approximate surface area is 117 Å². The van der Waals surface area contributed by atoms with Crippen LogP contribution in [0.4, 0.5) is 5.95 Å². The zero-order valence-corrected chi connectivity index (χ0v) is 11.6. The van der Waals surface area contributed by atoms with Gasteiger partial charge in [-0.3, -0.25) is 9.36 Å². The molecule has 0 aliphatic carbocycles. The molecule has 2 atom stereocenters. The molecule has 20 heavy (non-hydrogen) atoms. The monoisotopic (exact) mass is 298 g/mol. The van der Waals surface area contributed by atoms with Crippen LogP contribution in [0.5, 0.6) is 5.88 Å². The highest BCUT2D eigenvalue weighted by molar-refractivity contribution is 7.16. The Morgan fingerprint density at radius 2 is 2.35 bits per heavy atom. The van der Waals surface area contributed by atoms with Crippen LogP contribution in [0.15, 0.2) is 4.79 Å². The van der Waals surface area contributed by atoms with Crippen LogP contribution in [0.25, 0.3) is 10.3 Å². The number of methoxy groups -OCH3 is 1. The Hall–Kier alpha value is -1.71. The molecule has 0 amide bonds. The number of hydrogen-bond donors (Lipinski definition) is 2. The molecule has 0 radical (unpaired) electrons. The summed E-state index contributed by atoms with van der Waals surface area (Å²) in [6.07, 6.45) is 0.654. The first-order valence-corrected chi connectivity index (χ1v) is 6.94. The van der Waals surface area contributed by atoms with Gasteiger partial charge in [0.15, 0.2) is 5.65 Å². The lowest BCUT2D eigenvalue weighted by Crippen LogP contribution is -2.21. The van der Waals surface area contributed by atoms with E-state index in [9.17, 15) is 4.79 Å². The van der Waals surface area contributed by atoms with Gasteiger partial charge in [-0.2, -0.15) is 9.97 Å². The van der Waals surface area contributed by atoms with E-state index in [1.807, 2.05) is 0 Å². The molecular formula is C11H14N4O4S. The van der Waals surface area contributed by atoms with Crippen molar-refractivity contribution >= 4 is 27.6 Å². The first kappa shape index (κ1) is 13.3. The fourth-order valence-electron chi connectivity index (χ4n) is 2.31. The van der Waals surface area contributed by atoms with E-state index < -0.39 is 6.23 Å². The van der Waals surface area contributed by atoms with E-state index in [4.69, 9.17) is 20.3 Å². The Balaban J connectivity index is 2.14. The number of fused-ring (bicyclic) bond motifs is 1. The number of nitrogens with zero attached hydrogens (tertiary/aromatic N) is 3. The number of anilines is 1. The molecule has 1 saturated heterocycles. The Bertz CT molecular complexity index is 698.